The lowest BCUT2D eigenvalue weighted by Crippen LogP contribution is -2.13. The Kier molecular flexibility index (Phi) is 8.15. The predicted molar refractivity (Wildman–Crippen MR) is 155 cm³/mol. The van der Waals surface area contributed by atoms with Gasteiger partial charge in [0.2, 0.25) is 11.6 Å². The minimum Gasteiger partial charge on any atom is -0.493 e. The molecule has 1 amide bonds. The average Bonchev–Trinajstić information content (AvgIpc) is 3.62. The van der Waals surface area contributed by atoms with Gasteiger partial charge in [0.05, 0.1) is 21.3 Å². The Labute approximate surface area is 239 Å². The van der Waals surface area contributed by atoms with E-state index in [1.54, 1.807) is 36.4 Å². The lowest BCUT2D eigenvalue weighted by molar-refractivity contribution is 0.155. The number of thiazole rings is 1. The van der Waals surface area contributed by atoms with Crippen molar-refractivity contribution in [3.05, 3.63) is 72.3 Å². The number of nitrogens with one attached hydrogen (secondary N) is 2. The second kappa shape index (κ2) is 12.3. The van der Waals surface area contributed by atoms with Crippen LogP contribution in [0.1, 0.15) is 5.56 Å². The first kappa shape index (κ1) is 27.3. The van der Waals surface area contributed by atoms with Crippen LogP contribution in [-0.4, -0.2) is 42.5 Å². The number of carbonyl (C=O) groups excluding carboxylic acids is 1. The van der Waals surface area contributed by atoms with E-state index in [0.29, 0.717) is 50.0 Å². The van der Waals surface area contributed by atoms with Crippen molar-refractivity contribution in [1.82, 2.24) is 15.1 Å². The molecule has 3 aromatic carbocycles. The van der Waals surface area contributed by atoms with Crippen molar-refractivity contribution in [2.75, 3.05) is 37.7 Å². The van der Waals surface area contributed by atoms with Crippen LogP contribution in [0.15, 0.2) is 71.3 Å². The van der Waals surface area contributed by atoms with Gasteiger partial charge in [0.15, 0.2) is 16.6 Å². The van der Waals surface area contributed by atoms with Crippen molar-refractivity contribution in [3.8, 4) is 39.4 Å². The van der Waals surface area contributed by atoms with Gasteiger partial charge in [-0.15, -0.1) is 0 Å². The standard InChI is InChI=1S/C28H26N6O6S/c1-36-20-13-19(14-21(37-2)22(20)38-3)30-27-32-24(29)23(41-27)26-33-25(34-40-26)17-10-7-11-18(12-17)31-28(35)39-15-16-8-5-4-6-9-16/h4-14H,15,29H2,1-3H3,(H,30,32)(H,31,35). The smallest absolute Gasteiger partial charge is 0.411 e. The number of anilines is 4. The number of aromatic nitrogens is 3. The molecule has 2 aromatic heterocycles. The SMILES string of the molecule is COc1cc(Nc2nc(N)c(-c3nc(-c4cccc(NC(=O)OCc5ccccc5)c4)no3)s2)cc(OC)c1OC. The number of hydrogen-bond donors (Lipinski definition) is 3. The van der Waals surface area contributed by atoms with Crippen molar-refractivity contribution >= 4 is 39.8 Å². The molecule has 0 aliphatic carbocycles. The number of carbonyl (C=O) groups is 1. The highest BCUT2D eigenvalue weighted by atomic mass is 32.1. The Balaban J connectivity index is 1.29. The van der Waals surface area contributed by atoms with Crippen LogP contribution < -0.4 is 30.6 Å². The first-order chi connectivity index (χ1) is 20.0. The van der Waals surface area contributed by atoms with Crippen molar-refractivity contribution in [2.45, 2.75) is 6.61 Å². The molecule has 12 nitrogen and oxygen atoms in total. The maximum absolute atomic E-state index is 12.3. The molecule has 0 saturated carbocycles. The monoisotopic (exact) mass is 574 g/mol. The number of nitrogen functional groups attached to an aromatic ring is 1. The summed E-state index contributed by atoms with van der Waals surface area (Å²) in [7, 11) is 4.61. The minimum absolute atomic E-state index is 0.160. The molecule has 5 rings (SSSR count). The molecule has 0 unspecified atom stereocenters. The lowest BCUT2D eigenvalue weighted by Gasteiger charge is -2.14. The number of hydrogen-bond acceptors (Lipinski definition) is 12. The van der Waals surface area contributed by atoms with E-state index in [1.807, 2.05) is 30.3 Å². The van der Waals surface area contributed by atoms with Gasteiger partial charge in [-0.3, -0.25) is 5.32 Å². The lowest BCUT2D eigenvalue weighted by atomic mass is 10.2. The van der Waals surface area contributed by atoms with E-state index < -0.39 is 6.09 Å². The maximum atomic E-state index is 12.3. The zero-order chi connectivity index (χ0) is 28.8. The van der Waals surface area contributed by atoms with Crippen molar-refractivity contribution < 1.29 is 28.3 Å². The van der Waals surface area contributed by atoms with Crippen LogP contribution in [0.5, 0.6) is 17.2 Å². The highest BCUT2D eigenvalue weighted by Crippen LogP contribution is 2.42. The fourth-order valence-electron chi connectivity index (χ4n) is 3.86. The van der Waals surface area contributed by atoms with Crippen LogP contribution in [0.3, 0.4) is 0 Å². The summed E-state index contributed by atoms with van der Waals surface area (Å²) >= 11 is 1.24. The predicted octanol–water partition coefficient (Wildman–Crippen LogP) is 5.96. The largest absolute Gasteiger partial charge is 0.493 e. The highest BCUT2D eigenvalue weighted by Gasteiger charge is 2.20. The van der Waals surface area contributed by atoms with Crippen LogP contribution in [-0.2, 0) is 11.3 Å². The molecule has 0 fully saturated rings. The number of ether oxygens (including phenoxy) is 4. The zero-order valence-corrected chi connectivity index (χ0v) is 23.2. The molecule has 4 N–H and O–H groups in total. The van der Waals surface area contributed by atoms with Crippen LogP contribution in [0.25, 0.3) is 22.2 Å². The number of rotatable bonds is 10. The molecule has 2 heterocycles. The van der Waals surface area contributed by atoms with Gasteiger partial charge < -0.3 is 34.5 Å². The zero-order valence-electron chi connectivity index (χ0n) is 22.3. The van der Waals surface area contributed by atoms with Crippen LogP contribution in [0.4, 0.5) is 27.1 Å². The third kappa shape index (κ3) is 6.31. The number of nitrogens with two attached hydrogens (primary N) is 1. The van der Waals surface area contributed by atoms with Crippen LogP contribution in [0, 0.1) is 0 Å². The molecule has 0 aliphatic rings. The number of methoxy groups -OCH3 is 3. The van der Waals surface area contributed by atoms with Gasteiger partial charge in [0.1, 0.15) is 17.3 Å². The van der Waals surface area contributed by atoms with E-state index in [1.165, 1.54) is 32.7 Å². The van der Waals surface area contributed by atoms with E-state index in [9.17, 15) is 4.79 Å². The van der Waals surface area contributed by atoms with E-state index in [0.717, 1.165) is 5.56 Å². The molecular weight excluding hydrogens is 548 g/mol. The fourth-order valence-corrected chi connectivity index (χ4v) is 4.69. The molecule has 0 bridgehead atoms. The van der Waals surface area contributed by atoms with Gasteiger partial charge in [-0.2, -0.15) is 4.98 Å². The Morgan fingerprint density at radius 1 is 0.927 bits per heavy atom. The molecule has 0 spiro atoms. The van der Waals surface area contributed by atoms with Crippen LogP contribution >= 0.6 is 11.3 Å². The van der Waals surface area contributed by atoms with Gasteiger partial charge in [0.25, 0.3) is 5.89 Å². The van der Waals surface area contributed by atoms with E-state index in [-0.39, 0.29) is 18.3 Å². The Morgan fingerprint density at radius 3 is 2.39 bits per heavy atom. The molecule has 210 valence electrons. The summed E-state index contributed by atoms with van der Waals surface area (Å²) < 4.78 is 27.0. The minimum atomic E-state index is -0.579. The molecule has 0 atom stereocenters. The molecule has 13 heteroatoms. The normalized spacial score (nSPS) is 10.6. The van der Waals surface area contributed by atoms with Crippen molar-refractivity contribution in [3.63, 3.8) is 0 Å². The van der Waals surface area contributed by atoms with Crippen LogP contribution in [0.2, 0.25) is 0 Å². The second-order valence-corrected chi connectivity index (χ2v) is 9.46. The first-order valence-corrected chi connectivity index (χ1v) is 13.0. The Bertz CT molecular complexity index is 1630. The second-order valence-electron chi connectivity index (χ2n) is 8.46. The molecule has 0 radical (unpaired) electrons. The fraction of sp³-hybridized carbons (Fsp3) is 0.143. The molecule has 0 saturated heterocycles. The molecule has 0 aliphatic heterocycles. The Hall–Kier alpha value is -5.30. The van der Waals surface area contributed by atoms with Gasteiger partial charge >= 0.3 is 6.09 Å². The van der Waals surface area contributed by atoms with Gasteiger partial charge in [0, 0.05) is 29.1 Å². The first-order valence-electron chi connectivity index (χ1n) is 12.2. The molecule has 41 heavy (non-hydrogen) atoms. The quantitative estimate of drug-likeness (QED) is 0.181. The topological polar surface area (TPSA) is 156 Å². The summed E-state index contributed by atoms with van der Waals surface area (Å²) in [6.45, 7) is 0.160. The van der Waals surface area contributed by atoms with Gasteiger partial charge in [-0.25, -0.2) is 9.78 Å². The van der Waals surface area contributed by atoms with Gasteiger partial charge in [-0.1, -0.05) is 59.0 Å². The van der Waals surface area contributed by atoms with E-state index in [4.69, 9.17) is 29.2 Å². The molecule has 5 aromatic rings. The summed E-state index contributed by atoms with van der Waals surface area (Å²) in [5.74, 6) is 2.18. The van der Waals surface area contributed by atoms with Crippen molar-refractivity contribution in [1.29, 1.82) is 0 Å². The van der Waals surface area contributed by atoms with E-state index in [2.05, 4.69) is 25.8 Å². The summed E-state index contributed by atoms with van der Waals surface area (Å²) in [4.78, 5) is 21.6. The summed E-state index contributed by atoms with van der Waals surface area (Å²) in [5, 5.41) is 10.5. The third-order valence-electron chi connectivity index (χ3n) is 5.77. The van der Waals surface area contributed by atoms with Crippen molar-refractivity contribution in [2.24, 2.45) is 0 Å². The summed E-state index contributed by atoms with van der Waals surface area (Å²) in [6, 6.07) is 19.9. The number of amides is 1. The van der Waals surface area contributed by atoms with E-state index >= 15 is 0 Å². The molecular formula is C28H26N6O6S. The Morgan fingerprint density at radius 2 is 1.68 bits per heavy atom. The number of nitrogens with zero attached hydrogens (tertiary/aromatic N) is 3. The van der Waals surface area contributed by atoms with Gasteiger partial charge in [-0.05, 0) is 17.7 Å². The summed E-state index contributed by atoms with van der Waals surface area (Å²) in [5.41, 5.74) is 8.86. The number of benzene rings is 3. The maximum Gasteiger partial charge on any atom is 0.411 e. The third-order valence-corrected chi connectivity index (χ3v) is 6.74. The highest BCUT2D eigenvalue weighted by molar-refractivity contribution is 7.19. The summed E-state index contributed by atoms with van der Waals surface area (Å²) in [6.07, 6.45) is -0.579. The average molecular weight is 575 g/mol.